The van der Waals surface area contributed by atoms with Crippen LogP contribution in [-0.4, -0.2) is 80.0 Å². The van der Waals surface area contributed by atoms with E-state index in [0.29, 0.717) is 42.7 Å². The monoisotopic (exact) mass is 884 g/mol. The van der Waals surface area contributed by atoms with Gasteiger partial charge in [-0.3, -0.25) is 9.69 Å². The predicted octanol–water partition coefficient (Wildman–Crippen LogP) is 12.9. The number of thiophene rings is 1. The Morgan fingerprint density at radius 3 is 2.27 bits per heavy atom. The Labute approximate surface area is 369 Å². The molecule has 2 aromatic rings. The molecule has 2 aliphatic carbocycles. The second-order valence-electron chi connectivity index (χ2n) is 17.6. The van der Waals surface area contributed by atoms with Crippen molar-refractivity contribution in [2.75, 3.05) is 46.5 Å². The van der Waals surface area contributed by atoms with Crippen LogP contribution in [0.4, 0.5) is 22.0 Å². The second kappa shape index (κ2) is 22.0. The molecule has 0 amide bonds. The number of carbonyl (C=O) groups is 1. The van der Waals surface area contributed by atoms with Gasteiger partial charge in [0, 0.05) is 65.2 Å². The fraction of sp³-hybridized carbons (Fsp3) is 0.571. The summed E-state index contributed by atoms with van der Waals surface area (Å²) in [6.07, 6.45) is 4.12. The average Bonchev–Trinajstić information content (AvgIpc) is 3.87. The number of morpholine rings is 1. The van der Waals surface area contributed by atoms with Gasteiger partial charge in [0.05, 0.1) is 35.7 Å². The van der Waals surface area contributed by atoms with Crippen molar-refractivity contribution in [3.63, 3.8) is 0 Å². The number of hydrogen-bond donors (Lipinski definition) is 0. The number of benzene rings is 1. The van der Waals surface area contributed by atoms with Gasteiger partial charge in [-0.15, -0.1) is 11.3 Å². The number of aliphatic imine (C=N–C) groups is 1. The summed E-state index contributed by atoms with van der Waals surface area (Å²) >= 11 is 1.01. The normalized spacial score (nSPS) is 19.5. The molecule has 1 aromatic heterocycles. The summed E-state index contributed by atoms with van der Waals surface area (Å²) in [6.45, 7) is 24.6. The number of fused-ring (bicyclic) bond motifs is 1. The lowest BCUT2D eigenvalue weighted by atomic mass is 9.84. The van der Waals surface area contributed by atoms with Gasteiger partial charge >= 0.3 is 6.18 Å². The van der Waals surface area contributed by atoms with Crippen molar-refractivity contribution in [2.45, 2.75) is 119 Å². The molecule has 0 bridgehead atoms. The van der Waals surface area contributed by atoms with E-state index in [1.54, 1.807) is 13.0 Å². The summed E-state index contributed by atoms with van der Waals surface area (Å²) in [4.78, 5) is 19.3. The molecule has 0 radical (unpaired) electrons. The van der Waals surface area contributed by atoms with E-state index in [1.807, 2.05) is 32.7 Å². The van der Waals surface area contributed by atoms with Gasteiger partial charge in [0.2, 0.25) is 5.88 Å². The Morgan fingerprint density at radius 1 is 1.11 bits per heavy atom. The van der Waals surface area contributed by atoms with Gasteiger partial charge in [-0.1, -0.05) is 67.5 Å². The van der Waals surface area contributed by atoms with Crippen LogP contribution in [0.1, 0.15) is 123 Å². The zero-order valence-electron chi connectivity index (χ0n) is 38.2. The third-order valence-electron chi connectivity index (χ3n) is 12.1. The van der Waals surface area contributed by atoms with E-state index in [2.05, 4.69) is 45.2 Å². The zero-order valence-corrected chi connectivity index (χ0v) is 39.0. The maximum absolute atomic E-state index is 17.8. The Kier molecular flexibility index (Phi) is 17.9. The van der Waals surface area contributed by atoms with Gasteiger partial charge < -0.3 is 14.4 Å². The van der Waals surface area contributed by atoms with Crippen LogP contribution in [0.2, 0.25) is 0 Å². The molecule has 1 saturated carbocycles. The van der Waals surface area contributed by atoms with Crippen LogP contribution in [-0.2, 0) is 14.3 Å². The Hall–Kier alpha value is -4.12. The molecule has 2 atom stereocenters. The molecular formula is C49H65F5N4O3S. The standard InChI is InChI=1S/C45H59F5N4O2S.C4H6O/c1-10-12-37(56-26-44(17-18-44)25-54-19-21-55-22-20-54)52-41-32(30(8)53(9)36(27(3)4)16-13-29(7)11-2)23-34(45(48,49)50)39(40(41)47)31-14-15-35(46)43-38(31)33(24-51)42(57-43)28(5)6;1-3-4(2)5/h12,14-15,23,27-29,36H,10-11,13,16-22,25-26H2,1-9H3;3H,1H2,2H3/b32-30+,37-12-,52-41+;. The van der Waals surface area contributed by atoms with Crippen LogP contribution in [0, 0.1) is 34.4 Å². The lowest BCUT2D eigenvalue weighted by Crippen LogP contribution is -2.40. The van der Waals surface area contributed by atoms with Gasteiger partial charge in [0.15, 0.2) is 11.6 Å². The zero-order chi connectivity index (χ0) is 46.1. The highest BCUT2D eigenvalue weighted by Gasteiger charge is 2.46. The molecule has 1 aliphatic heterocycles. The quantitative estimate of drug-likeness (QED) is 0.0895. The van der Waals surface area contributed by atoms with Crippen molar-refractivity contribution in [2.24, 2.45) is 22.2 Å². The van der Waals surface area contributed by atoms with Crippen molar-refractivity contribution in [3.8, 4) is 6.07 Å². The highest BCUT2D eigenvalue weighted by atomic mass is 32.1. The number of carbonyl (C=O) groups excluding carboxylic acids is 1. The molecule has 2 unspecified atom stereocenters. The topological polar surface area (TPSA) is 78.2 Å². The lowest BCUT2D eigenvalue weighted by molar-refractivity contribution is -0.112. The van der Waals surface area contributed by atoms with Crippen LogP contribution in [0.15, 0.2) is 70.5 Å². The molecule has 1 aromatic carbocycles. The van der Waals surface area contributed by atoms with Crippen molar-refractivity contribution >= 4 is 38.5 Å². The Bertz CT molecular complexity index is 2130. The van der Waals surface area contributed by atoms with Crippen LogP contribution >= 0.6 is 11.3 Å². The molecule has 2 heterocycles. The minimum Gasteiger partial charge on any atom is -0.477 e. The van der Waals surface area contributed by atoms with Gasteiger partial charge in [-0.25, -0.2) is 13.8 Å². The SMILES string of the molecule is C=CC(C)=O.CC/C=C(/N=C1/C(F)=C(c2ccc(F)c3sc(C(C)C)c(C#N)c23)C(C(F)(F)F)=C/C1=C(/C)N(C)C(CCC(C)CC)C(C)C)OCC1(CN2CCOCC2)CC1. The fourth-order valence-corrected chi connectivity index (χ4v) is 9.09. The van der Waals surface area contributed by atoms with Crippen LogP contribution in [0.5, 0.6) is 0 Å². The molecule has 13 heteroatoms. The molecule has 340 valence electrons. The van der Waals surface area contributed by atoms with Gasteiger partial charge in [-0.2, -0.15) is 18.4 Å². The molecule has 1 saturated heterocycles. The maximum atomic E-state index is 17.8. The molecule has 0 N–H and O–H groups in total. The summed E-state index contributed by atoms with van der Waals surface area (Å²) in [7, 11) is 1.85. The van der Waals surface area contributed by atoms with Crippen molar-refractivity contribution in [1.82, 2.24) is 9.80 Å². The molecule has 62 heavy (non-hydrogen) atoms. The first-order valence-electron chi connectivity index (χ1n) is 21.9. The highest BCUT2D eigenvalue weighted by Crippen LogP contribution is 2.50. The molecule has 3 aliphatic rings. The number of rotatable bonds is 17. The van der Waals surface area contributed by atoms with E-state index >= 15 is 22.0 Å². The minimum absolute atomic E-state index is 0.00706. The van der Waals surface area contributed by atoms with Crippen molar-refractivity contribution < 1.29 is 36.2 Å². The van der Waals surface area contributed by atoms with Crippen molar-refractivity contribution in [3.05, 3.63) is 87.3 Å². The largest absolute Gasteiger partial charge is 0.477 e. The maximum Gasteiger partial charge on any atom is 0.417 e. The Morgan fingerprint density at radius 2 is 1.76 bits per heavy atom. The summed E-state index contributed by atoms with van der Waals surface area (Å²) in [6, 6.07) is 4.26. The van der Waals surface area contributed by atoms with Gasteiger partial charge in [0.25, 0.3) is 0 Å². The number of allylic oxidation sites excluding steroid dienone is 8. The van der Waals surface area contributed by atoms with E-state index in [9.17, 15) is 10.1 Å². The number of alkyl halides is 3. The van der Waals surface area contributed by atoms with Gasteiger partial charge in [0.1, 0.15) is 17.6 Å². The second-order valence-corrected chi connectivity index (χ2v) is 18.6. The van der Waals surface area contributed by atoms with E-state index in [4.69, 9.17) is 14.5 Å². The third kappa shape index (κ3) is 12.3. The molecule has 7 nitrogen and oxygen atoms in total. The first kappa shape index (κ1) is 50.5. The van der Waals surface area contributed by atoms with Crippen LogP contribution < -0.4 is 0 Å². The number of ether oxygens (including phenoxy) is 2. The molecule has 2 fully saturated rings. The van der Waals surface area contributed by atoms with E-state index < -0.39 is 29.0 Å². The van der Waals surface area contributed by atoms with Crippen molar-refractivity contribution in [1.29, 1.82) is 5.26 Å². The van der Waals surface area contributed by atoms with E-state index in [0.717, 1.165) is 81.3 Å². The number of nitrogens with zero attached hydrogens (tertiary/aromatic N) is 4. The summed E-state index contributed by atoms with van der Waals surface area (Å²) in [5, 5.41) is 10.3. The highest BCUT2D eigenvalue weighted by molar-refractivity contribution is 7.19. The number of hydrogen-bond acceptors (Lipinski definition) is 8. The smallest absolute Gasteiger partial charge is 0.417 e. The minimum atomic E-state index is -5.02. The van der Waals surface area contributed by atoms with E-state index in [1.165, 1.54) is 13.0 Å². The fourth-order valence-electron chi connectivity index (χ4n) is 7.91. The predicted molar refractivity (Wildman–Crippen MR) is 242 cm³/mol. The third-order valence-corrected chi connectivity index (χ3v) is 13.6. The summed E-state index contributed by atoms with van der Waals surface area (Å²) in [5.74, 6) is -1.35. The molecule has 5 rings (SSSR count). The average molecular weight is 885 g/mol. The summed E-state index contributed by atoms with van der Waals surface area (Å²) < 4.78 is 91.5. The number of halogens is 5. The first-order valence-corrected chi connectivity index (χ1v) is 22.7. The lowest BCUT2D eigenvalue weighted by Gasteiger charge is -2.36. The van der Waals surface area contributed by atoms with E-state index in [-0.39, 0.29) is 67.5 Å². The van der Waals surface area contributed by atoms with Crippen LogP contribution in [0.3, 0.4) is 0 Å². The first-order chi connectivity index (χ1) is 29.2. The number of ketones is 1. The number of nitriles is 1. The van der Waals surface area contributed by atoms with Gasteiger partial charge in [-0.05, 0) is 93.6 Å². The molecular weight excluding hydrogens is 820 g/mol. The molecule has 0 spiro atoms. The Balaban J connectivity index is 0.00000160. The summed E-state index contributed by atoms with van der Waals surface area (Å²) in [5.41, 5.74) is -2.11. The van der Waals surface area contributed by atoms with Crippen LogP contribution in [0.25, 0.3) is 15.7 Å².